The number of imidazole rings is 1. The molecule has 0 radical (unpaired) electrons. The molecule has 0 bridgehead atoms. The molecule has 2 heterocycles. The number of amides is 1. The van der Waals surface area contributed by atoms with Crippen molar-refractivity contribution in [3.05, 3.63) is 60.4 Å². The number of nitrogens with one attached hydrogen (secondary N) is 2. The first-order chi connectivity index (χ1) is 14.1. The average molecular weight is 389 g/mol. The van der Waals surface area contributed by atoms with Crippen molar-refractivity contribution >= 4 is 16.9 Å². The minimum Gasteiger partial charge on any atom is -0.344 e. The van der Waals surface area contributed by atoms with Gasteiger partial charge in [-0.05, 0) is 23.3 Å². The highest BCUT2D eigenvalue weighted by molar-refractivity contribution is 5.77. The summed E-state index contributed by atoms with van der Waals surface area (Å²) in [7, 11) is 0. The van der Waals surface area contributed by atoms with Crippen LogP contribution in [0.2, 0.25) is 0 Å². The second-order valence-electron chi connectivity index (χ2n) is 7.08. The summed E-state index contributed by atoms with van der Waals surface area (Å²) in [4.78, 5) is 22.0. The number of tetrazole rings is 1. The SMILES string of the molecule is CCC(C)C(NC(=O)Cn1nnc(-c2ccccc2)n1)c1nc2ccccc2[nH]1. The van der Waals surface area contributed by atoms with E-state index in [4.69, 9.17) is 0 Å². The predicted octanol–water partition coefficient (Wildman–Crippen LogP) is 3.12. The van der Waals surface area contributed by atoms with Gasteiger partial charge >= 0.3 is 0 Å². The maximum absolute atomic E-state index is 12.7. The van der Waals surface area contributed by atoms with Crippen molar-refractivity contribution in [1.29, 1.82) is 0 Å². The van der Waals surface area contributed by atoms with Gasteiger partial charge in [0.2, 0.25) is 11.7 Å². The molecule has 0 aliphatic carbocycles. The van der Waals surface area contributed by atoms with Gasteiger partial charge in [0.25, 0.3) is 0 Å². The zero-order valence-corrected chi connectivity index (χ0v) is 16.4. The summed E-state index contributed by atoms with van der Waals surface area (Å²) in [6.07, 6.45) is 0.904. The van der Waals surface area contributed by atoms with Gasteiger partial charge in [-0.2, -0.15) is 4.80 Å². The molecule has 2 N–H and O–H groups in total. The zero-order chi connectivity index (χ0) is 20.2. The van der Waals surface area contributed by atoms with E-state index >= 15 is 0 Å². The van der Waals surface area contributed by atoms with Crippen LogP contribution in [-0.4, -0.2) is 36.1 Å². The third-order valence-corrected chi connectivity index (χ3v) is 5.00. The van der Waals surface area contributed by atoms with Gasteiger partial charge in [-0.25, -0.2) is 4.98 Å². The van der Waals surface area contributed by atoms with Crippen molar-refractivity contribution in [2.75, 3.05) is 0 Å². The minimum atomic E-state index is -0.225. The molecule has 0 saturated carbocycles. The van der Waals surface area contributed by atoms with Crippen LogP contribution in [0.1, 0.15) is 32.1 Å². The second kappa shape index (κ2) is 8.22. The molecule has 4 aromatic rings. The van der Waals surface area contributed by atoms with Crippen molar-refractivity contribution in [2.45, 2.75) is 32.9 Å². The highest BCUT2D eigenvalue weighted by Crippen LogP contribution is 2.24. The Kier molecular flexibility index (Phi) is 5.33. The lowest BCUT2D eigenvalue weighted by atomic mass is 9.98. The van der Waals surface area contributed by atoms with Crippen LogP contribution < -0.4 is 5.32 Å². The molecule has 0 fully saturated rings. The molecule has 0 aliphatic heterocycles. The topological polar surface area (TPSA) is 101 Å². The average Bonchev–Trinajstić information content (AvgIpc) is 3.39. The van der Waals surface area contributed by atoms with Gasteiger partial charge in [0.15, 0.2) is 0 Å². The number of benzene rings is 2. The van der Waals surface area contributed by atoms with Crippen LogP contribution in [0.5, 0.6) is 0 Å². The molecule has 8 nitrogen and oxygen atoms in total. The smallest absolute Gasteiger partial charge is 0.244 e. The quantitative estimate of drug-likeness (QED) is 0.506. The number of aromatic nitrogens is 6. The first-order valence-electron chi connectivity index (χ1n) is 9.71. The maximum atomic E-state index is 12.7. The third-order valence-electron chi connectivity index (χ3n) is 5.00. The van der Waals surface area contributed by atoms with Crippen LogP contribution in [0.4, 0.5) is 0 Å². The highest BCUT2D eigenvalue weighted by atomic mass is 16.2. The van der Waals surface area contributed by atoms with E-state index in [1.807, 2.05) is 54.6 Å². The second-order valence-corrected chi connectivity index (χ2v) is 7.08. The van der Waals surface area contributed by atoms with Crippen molar-refractivity contribution in [3.63, 3.8) is 0 Å². The number of aromatic amines is 1. The van der Waals surface area contributed by atoms with E-state index in [1.165, 1.54) is 4.80 Å². The zero-order valence-electron chi connectivity index (χ0n) is 16.4. The summed E-state index contributed by atoms with van der Waals surface area (Å²) < 4.78 is 0. The number of rotatable bonds is 7. The lowest BCUT2D eigenvalue weighted by Crippen LogP contribution is -2.35. The Hall–Kier alpha value is -3.55. The lowest BCUT2D eigenvalue weighted by molar-refractivity contribution is -0.123. The number of hydrogen-bond acceptors (Lipinski definition) is 5. The van der Waals surface area contributed by atoms with Crippen LogP contribution in [0, 0.1) is 5.92 Å². The van der Waals surface area contributed by atoms with Crippen LogP contribution in [-0.2, 0) is 11.3 Å². The Bertz CT molecular complexity index is 1070. The molecule has 0 aliphatic rings. The number of para-hydroxylation sites is 2. The summed E-state index contributed by atoms with van der Waals surface area (Å²) in [6.45, 7) is 4.18. The maximum Gasteiger partial charge on any atom is 0.244 e. The number of carbonyl (C=O) groups is 1. The minimum absolute atomic E-state index is 0.00695. The van der Waals surface area contributed by atoms with Gasteiger partial charge in [-0.15, -0.1) is 10.2 Å². The molecule has 29 heavy (non-hydrogen) atoms. The van der Waals surface area contributed by atoms with Crippen LogP contribution in [0.3, 0.4) is 0 Å². The number of hydrogen-bond donors (Lipinski definition) is 2. The Labute approximate surface area is 168 Å². The molecule has 1 amide bonds. The van der Waals surface area contributed by atoms with E-state index in [9.17, 15) is 4.79 Å². The first-order valence-corrected chi connectivity index (χ1v) is 9.71. The molecule has 4 rings (SSSR count). The Morgan fingerprint density at radius 2 is 1.90 bits per heavy atom. The Balaban J connectivity index is 1.49. The molecule has 2 atom stereocenters. The molecule has 8 heteroatoms. The van der Waals surface area contributed by atoms with Crippen molar-refractivity contribution < 1.29 is 4.79 Å². The number of nitrogens with zero attached hydrogens (tertiary/aromatic N) is 5. The summed E-state index contributed by atoms with van der Waals surface area (Å²) >= 11 is 0. The monoisotopic (exact) mass is 389 g/mol. The molecule has 148 valence electrons. The number of fused-ring (bicyclic) bond motifs is 1. The molecule has 2 unspecified atom stereocenters. The summed E-state index contributed by atoms with van der Waals surface area (Å²) in [5, 5.41) is 15.4. The van der Waals surface area contributed by atoms with Gasteiger partial charge in [0.05, 0.1) is 17.1 Å². The fraction of sp³-hybridized carbons (Fsp3) is 0.286. The van der Waals surface area contributed by atoms with E-state index in [-0.39, 0.29) is 24.4 Å². The molecule has 2 aromatic heterocycles. The van der Waals surface area contributed by atoms with Crippen LogP contribution in [0.25, 0.3) is 22.4 Å². The van der Waals surface area contributed by atoms with E-state index in [2.05, 4.69) is 44.5 Å². The van der Waals surface area contributed by atoms with E-state index in [0.717, 1.165) is 28.8 Å². The van der Waals surface area contributed by atoms with Crippen LogP contribution >= 0.6 is 0 Å². The fourth-order valence-corrected chi connectivity index (χ4v) is 3.20. The summed E-state index contributed by atoms with van der Waals surface area (Å²) in [5.41, 5.74) is 2.70. The molecule has 0 saturated heterocycles. The van der Waals surface area contributed by atoms with E-state index in [0.29, 0.717) is 5.82 Å². The molecular formula is C21H23N7O. The largest absolute Gasteiger partial charge is 0.344 e. The number of H-pyrrole nitrogens is 1. The van der Waals surface area contributed by atoms with E-state index in [1.54, 1.807) is 0 Å². The Morgan fingerprint density at radius 3 is 2.66 bits per heavy atom. The summed E-state index contributed by atoms with van der Waals surface area (Å²) in [6, 6.07) is 17.2. The predicted molar refractivity (Wildman–Crippen MR) is 110 cm³/mol. The van der Waals surface area contributed by atoms with Crippen LogP contribution in [0.15, 0.2) is 54.6 Å². The normalized spacial score (nSPS) is 13.3. The molecular weight excluding hydrogens is 366 g/mol. The molecule has 2 aromatic carbocycles. The van der Waals surface area contributed by atoms with Gasteiger partial charge < -0.3 is 10.3 Å². The van der Waals surface area contributed by atoms with Crippen molar-refractivity contribution in [3.8, 4) is 11.4 Å². The van der Waals surface area contributed by atoms with Gasteiger partial charge in [0, 0.05) is 5.56 Å². The highest BCUT2D eigenvalue weighted by Gasteiger charge is 2.24. The first kappa shape index (κ1) is 18.8. The Morgan fingerprint density at radius 1 is 1.14 bits per heavy atom. The summed E-state index contributed by atoms with van der Waals surface area (Å²) in [5.74, 6) is 1.27. The third kappa shape index (κ3) is 4.16. The van der Waals surface area contributed by atoms with E-state index < -0.39 is 0 Å². The lowest BCUT2D eigenvalue weighted by Gasteiger charge is -2.22. The van der Waals surface area contributed by atoms with Crippen molar-refractivity contribution in [2.24, 2.45) is 5.92 Å². The standard InChI is InChI=1S/C21H23N7O/c1-3-14(2)19(21-22-16-11-7-8-12-17(16)23-21)24-18(29)13-28-26-20(25-27-28)15-9-5-4-6-10-15/h4-12,14,19H,3,13H2,1-2H3,(H,22,23)(H,24,29). The number of carbonyl (C=O) groups excluding carboxylic acids is 1. The van der Waals surface area contributed by atoms with Gasteiger partial charge in [-0.1, -0.05) is 62.7 Å². The fourth-order valence-electron chi connectivity index (χ4n) is 3.20. The van der Waals surface area contributed by atoms with Gasteiger partial charge in [0.1, 0.15) is 12.4 Å². The van der Waals surface area contributed by atoms with Gasteiger partial charge in [-0.3, -0.25) is 4.79 Å². The van der Waals surface area contributed by atoms with Crippen molar-refractivity contribution in [1.82, 2.24) is 35.5 Å². The molecule has 0 spiro atoms.